The second-order valence-corrected chi connectivity index (χ2v) is 3.61. The Morgan fingerprint density at radius 3 is 2.80 bits per heavy atom. The lowest BCUT2D eigenvalue weighted by molar-refractivity contribution is 0.201. The van der Waals surface area contributed by atoms with Crippen LogP contribution in [0.1, 0.15) is 12.5 Å². The number of nitriles is 1. The monoisotopic (exact) mass is 205 g/mol. The second kappa shape index (κ2) is 4.67. The van der Waals surface area contributed by atoms with Gasteiger partial charge in [-0.2, -0.15) is 5.26 Å². The number of nitrogen functional groups attached to an aromatic ring is 1. The highest BCUT2D eigenvalue weighted by Gasteiger charge is 2.06. The Bertz CT molecular complexity index is 382. The van der Waals surface area contributed by atoms with Crippen molar-refractivity contribution in [1.82, 2.24) is 0 Å². The SMILES string of the molecule is CC(O)CN(C)c1ccc(N)c(C#N)c1. The summed E-state index contributed by atoms with van der Waals surface area (Å²) in [7, 11) is 1.86. The summed E-state index contributed by atoms with van der Waals surface area (Å²) >= 11 is 0. The third-order valence-electron chi connectivity index (χ3n) is 2.14. The molecule has 0 radical (unpaired) electrons. The zero-order valence-corrected chi connectivity index (χ0v) is 8.94. The fourth-order valence-electron chi connectivity index (χ4n) is 1.38. The molecule has 0 saturated carbocycles. The van der Waals surface area contributed by atoms with Gasteiger partial charge in [0.15, 0.2) is 0 Å². The maximum absolute atomic E-state index is 9.23. The summed E-state index contributed by atoms with van der Waals surface area (Å²) in [4.78, 5) is 1.88. The van der Waals surface area contributed by atoms with Gasteiger partial charge in [-0.15, -0.1) is 0 Å². The predicted octanol–water partition coefficient (Wildman–Crippen LogP) is 0.957. The molecule has 0 aliphatic carbocycles. The van der Waals surface area contributed by atoms with Crippen molar-refractivity contribution < 1.29 is 5.11 Å². The van der Waals surface area contributed by atoms with Crippen LogP contribution in [0, 0.1) is 11.3 Å². The number of likely N-dealkylation sites (N-methyl/N-ethyl adjacent to an activating group) is 1. The van der Waals surface area contributed by atoms with E-state index in [-0.39, 0.29) is 0 Å². The number of aliphatic hydroxyl groups excluding tert-OH is 1. The van der Waals surface area contributed by atoms with Gasteiger partial charge in [0.2, 0.25) is 0 Å². The van der Waals surface area contributed by atoms with E-state index in [0.717, 1.165) is 5.69 Å². The number of nitrogens with zero attached hydrogens (tertiary/aromatic N) is 2. The van der Waals surface area contributed by atoms with Crippen LogP contribution in [-0.4, -0.2) is 24.8 Å². The number of hydrogen-bond acceptors (Lipinski definition) is 4. The first kappa shape index (κ1) is 11.3. The lowest BCUT2D eigenvalue weighted by Crippen LogP contribution is -2.26. The van der Waals surface area contributed by atoms with Crippen LogP contribution in [0.5, 0.6) is 0 Å². The largest absolute Gasteiger partial charge is 0.398 e. The maximum Gasteiger partial charge on any atom is 0.101 e. The minimum atomic E-state index is -0.405. The molecular formula is C11H15N3O. The molecule has 0 aromatic heterocycles. The molecule has 1 aromatic carbocycles. The molecule has 4 nitrogen and oxygen atoms in total. The van der Waals surface area contributed by atoms with Crippen LogP contribution < -0.4 is 10.6 Å². The minimum Gasteiger partial charge on any atom is -0.398 e. The Balaban J connectivity index is 2.92. The van der Waals surface area contributed by atoms with Gasteiger partial charge in [0, 0.05) is 25.0 Å². The molecule has 0 spiro atoms. The third-order valence-corrected chi connectivity index (χ3v) is 2.14. The summed E-state index contributed by atoms with van der Waals surface area (Å²) < 4.78 is 0. The number of benzene rings is 1. The van der Waals surface area contributed by atoms with Crippen LogP contribution in [0.2, 0.25) is 0 Å². The van der Waals surface area contributed by atoms with Crippen LogP contribution >= 0.6 is 0 Å². The number of hydrogen-bond donors (Lipinski definition) is 2. The van der Waals surface area contributed by atoms with Crippen LogP contribution in [0.3, 0.4) is 0 Å². The molecule has 0 amide bonds. The summed E-state index contributed by atoms with van der Waals surface area (Å²) in [6.45, 7) is 2.24. The van der Waals surface area contributed by atoms with Gasteiger partial charge in [-0.25, -0.2) is 0 Å². The quantitative estimate of drug-likeness (QED) is 0.721. The van der Waals surface area contributed by atoms with Crippen LogP contribution in [0.4, 0.5) is 11.4 Å². The summed E-state index contributed by atoms with van der Waals surface area (Å²) in [5.74, 6) is 0. The first-order valence-corrected chi connectivity index (χ1v) is 4.73. The maximum atomic E-state index is 9.23. The Kier molecular flexibility index (Phi) is 3.53. The molecule has 0 aliphatic heterocycles. The van der Waals surface area contributed by atoms with Gasteiger partial charge in [-0.1, -0.05) is 0 Å². The van der Waals surface area contributed by atoms with Gasteiger partial charge < -0.3 is 15.7 Å². The van der Waals surface area contributed by atoms with E-state index in [2.05, 4.69) is 0 Å². The number of nitrogens with two attached hydrogens (primary N) is 1. The first-order chi connectivity index (χ1) is 7.04. The van der Waals surface area contributed by atoms with Crippen LogP contribution in [-0.2, 0) is 0 Å². The number of anilines is 2. The summed E-state index contributed by atoms with van der Waals surface area (Å²) in [6.07, 6.45) is -0.405. The molecule has 15 heavy (non-hydrogen) atoms. The predicted molar refractivity (Wildman–Crippen MR) is 60.5 cm³/mol. The van der Waals surface area contributed by atoms with Gasteiger partial charge in [-0.05, 0) is 25.1 Å². The van der Waals surface area contributed by atoms with Crippen molar-refractivity contribution in [3.05, 3.63) is 23.8 Å². The lowest BCUT2D eigenvalue weighted by atomic mass is 10.1. The zero-order valence-electron chi connectivity index (χ0n) is 8.94. The van der Waals surface area contributed by atoms with E-state index in [4.69, 9.17) is 11.0 Å². The second-order valence-electron chi connectivity index (χ2n) is 3.61. The van der Waals surface area contributed by atoms with Crippen LogP contribution in [0.15, 0.2) is 18.2 Å². The number of rotatable bonds is 3. The lowest BCUT2D eigenvalue weighted by Gasteiger charge is -2.21. The Labute approximate surface area is 89.5 Å². The van der Waals surface area contributed by atoms with E-state index in [1.807, 2.05) is 24.1 Å². The van der Waals surface area contributed by atoms with E-state index in [0.29, 0.717) is 17.8 Å². The highest BCUT2D eigenvalue weighted by Crippen LogP contribution is 2.19. The number of aliphatic hydroxyl groups is 1. The molecule has 1 aromatic rings. The van der Waals surface area contributed by atoms with Crippen molar-refractivity contribution in [2.45, 2.75) is 13.0 Å². The molecule has 4 heteroatoms. The highest BCUT2D eigenvalue weighted by atomic mass is 16.3. The van der Waals surface area contributed by atoms with Gasteiger partial charge in [0.25, 0.3) is 0 Å². The van der Waals surface area contributed by atoms with Crippen molar-refractivity contribution in [2.75, 3.05) is 24.2 Å². The van der Waals surface area contributed by atoms with Gasteiger partial charge in [0.05, 0.1) is 11.7 Å². The molecule has 1 atom stereocenters. The standard InChI is InChI=1S/C11H15N3O/c1-8(15)7-14(2)10-3-4-11(13)9(5-10)6-12/h3-5,8,15H,7,13H2,1-2H3. The summed E-state index contributed by atoms with van der Waals surface area (Å²) in [5.41, 5.74) is 7.43. The topological polar surface area (TPSA) is 73.3 Å². The molecular weight excluding hydrogens is 190 g/mol. The Hall–Kier alpha value is -1.73. The normalized spacial score (nSPS) is 11.9. The van der Waals surface area contributed by atoms with E-state index in [1.54, 1.807) is 19.1 Å². The molecule has 1 unspecified atom stereocenters. The van der Waals surface area contributed by atoms with E-state index in [1.165, 1.54) is 0 Å². The molecule has 3 N–H and O–H groups in total. The average Bonchev–Trinajstić information content (AvgIpc) is 2.17. The molecule has 80 valence electrons. The smallest absolute Gasteiger partial charge is 0.101 e. The van der Waals surface area contributed by atoms with E-state index in [9.17, 15) is 5.11 Å². The molecule has 1 rings (SSSR count). The minimum absolute atomic E-state index is 0.405. The van der Waals surface area contributed by atoms with Crippen molar-refractivity contribution in [3.8, 4) is 6.07 Å². The summed E-state index contributed by atoms with van der Waals surface area (Å²) in [5, 5.41) is 18.0. The third kappa shape index (κ3) is 2.86. The van der Waals surface area contributed by atoms with Gasteiger partial charge in [-0.3, -0.25) is 0 Å². The first-order valence-electron chi connectivity index (χ1n) is 4.73. The Morgan fingerprint density at radius 2 is 2.27 bits per heavy atom. The zero-order chi connectivity index (χ0) is 11.4. The molecule has 0 aliphatic rings. The molecule has 0 saturated heterocycles. The fourth-order valence-corrected chi connectivity index (χ4v) is 1.38. The van der Waals surface area contributed by atoms with Crippen molar-refractivity contribution in [1.29, 1.82) is 5.26 Å². The highest BCUT2D eigenvalue weighted by molar-refractivity contribution is 5.62. The van der Waals surface area contributed by atoms with Crippen molar-refractivity contribution in [2.24, 2.45) is 0 Å². The summed E-state index contributed by atoms with van der Waals surface area (Å²) in [6, 6.07) is 7.28. The molecule has 0 fully saturated rings. The van der Waals surface area contributed by atoms with E-state index >= 15 is 0 Å². The van der Waals surface area contributed by atoms with Crippen LogP contribution in [0.25, 0.3) is 0 Å². The van der Waals surface area contributed by atoms with Gasteiger partial charge >= 0.3 is 0 Å². The van der Waals surface area contributed by atoms with E-state index < -0.39 is 6.10 Å². The molecule has 0 bridgehead atoms. The molecule has 0 heterocycles. The van der Waals surface area contributed by atoms with Gasteiger partial charge in [0.1, 0.15) is 6.07 Å². The Morgan fingerprint density at radius 1 is 1.60 bits per heavy atom. The average molecular weight is 205 g/mol. The van der Waals surface area contributed by atoms with Crippen molar-refractivity contribution >= 4 is 11.4 Å². The fraction of sp³-hybridized carbons (Fsp3) is 0.364. The van der Waals surface area contributed by atoms with Crippen molar-refractivity contribution in [3.63, 3.8) is 0 Å².